The van der Waals surface area contributed by atoms with E-state index in [2.05, 4.69) is 483 Å². The molecule has 0 aliphatic rings. The van der Waals surface area contributed by atoms with Crippen LogP contribution in [-0.2, 0) is 0 Å². The highest BCUT2D eigenvalue weighted by Gasteiger charge is 2.31. The molecule has 24 aromatic rings. The fraction of sp³-hybridized carbons (Fsp3) is 0.0159. The van der Waals surface area contributed by atoms with E-state index in [-0.39, 0.29) is 0 Å². The second-order valence-electron chi connectivity index (χ2n) is 32.7. The molecule has 684 valence electrons. The Morgan fingerprint density at radius 2 is 0.264 bits per heavy atom. The molecule has 0 nitrogen and oxygen atoms in total. The van der Waals surface area contributed by atoms with E-state index in [1.807, 2.05) is 0 Å². The number of hydrogen-bond donors (Lipinski definition) is 0. The molecule has 0 saturated heterocycles. The van der Waals surface area contributed by atoms with Gasteiger partial charge in [-0.05, 0) is 290 Å². The maximum Gasteiger partial charge on any atom is 0.0785 e. The highest BCUT2D eigenvalue weighted by molar-refractivity contribution is 7.14. The van der Waals surface area contributed by atoms with Crippen LogP contribution in [0.15, 0.2) is 483 Å². The maximum absolute atomic E-state index is 9.50. The van der Waals surface area contributed by atoms with E-state index in [0.29, 0.717) is 14.4 Å². The minimum atomic E-state index is 0.500. The molecule has 0 atom stereocenters. The Balaban J connectivity index is 0.000000175. The van der Waals surface area contributed by atoms with Gasteiger partial charge < -0.3 is 0 Å². The van der Waals surface area contributed by atoms with Crippen molar-refractivity contribution in [2.24, 2.45) is 0 Å². The smallest absolute Gasteiger partial charge is 0.0785 e. The van der Waals surface area contributed by atoms with Gasteiger partial charge >= 0.3 is 0 Å². The normalized spacial score (nSPS) is 10.7. The maximum atomic E-state index is 9.50. The van der Waals surface area contributed by atoms with E-state index in [1.54, 1.807) is 45.3 Å². The summed E-state index contributed by atoms with van der Waals surface area (Å²) in [4.78, 5) is 5.08. The molecule has 24 rings (SSSR count). The van der Waals surface area contributed by atoms with Crippen LogP contribution < -0.4 is 0 Å². The number of benzene rings is 20. The summed E-state index contributed by atoms with van der Waals surface area (Å²) in [6.07, 6.45) is 0. The van der Waals surface area contributed by atoms with Gasteiger partial charge in [-0.15, -0.1) is 45.3 Å². The van der Waals surface area contributed by atoms with E-state index in [0.717, 1.165) is 0 Å². The van der Waals surface area contributed by atoms with Crippen LogP contribution in [0.5, 0.6) is 0 Å². The monoisotopic (exact) mass is 1920 g/mol. The first-order chi connectivity index (χ1) is 69.5. The molecule has 0 bridgehead atoms. The van der Waals surface area contributed by atoms with Crippen LogP contribution in [0.1, 0.15) is 0 Å². The van der Waals surface area contributed by atoms with E-state index in [1.165, 1.54) is 240 Å². The molecule has 4 aromatic heterocycles. The van der Waals surface area contributed by atoms with Crippen molar-refractivity contribution in [2.45, 2.75) is 0 Å². The molecule has 140 heavy (non-hydrogen) atoms. The predicted octanol–water partition coefficient (Wildman–Crippen LogP) is 41.7. The van der Waals surface area contributed by atoms with Crippen molar-refractivity contribution < 1.29 is 45.4 Å². The lowest BCUT2D eigenvalue weighted by Gasteiger charge is -2.26. The summed E-state index contributed by atoms with van der Waals surface area (Å²) < 4.78 is 83.0. The zero-order valence-corrected chi connectivity index (χ0v) is 78.9. The lowest BCUT2D eigenvalue weighted by molar-refractivity contribution is 0.108. The Kier molecular flexibility index (Phi) is 31.3. The van der Waals surface area contributed by atoms with Crippen LogP contribution >= 0.6 is 45.3 Å². The average molecular weight is 1920 g/mol. The summed E-state index contributed by atoms with van der Waals surface area (Å²) in [6, 6.07) is 171. The standard InChI is InChI=1S/C66H44.C58H36S4.2CH3F.4F2/c1-7-19-45(20-8-1)49-31-35-53(36-32-49)61-57-41-39-55(47-23-11-3-12-24-47)43-59(57)64(52-29-17-6-18-30-52)66-62(54-37-33-50(34-38-54)46-21-9-2-10-22-46)58-42-40-56(48-25-13-4-14-26-48)44-60(58)63(65(61)66)51-27-15-5-16-28-51;1-3-11-39(12-4-1)55-47-35-43(51-17-9-33-61-51)27-29-45(47)54(42-25-21-38(22-26-42)50-16-8-32-60-50)58-56(40-13-5-2-6-14-40)48-36-44(52-18-10-34-62-52)28-30-46(48)53(57(55)58)41-23-19-37(20-24-41)49-15-7-31-59-49;6*1-2/h1-44H;1-36H;2*1H3;;;;. The van der Waals surface area contributed by atoms with Gasteiger partial charge in [-0.1, -0.05) is 413 Å². The second-order valence-corrected chi connectivity index (χ2v) is 36.5. The van der Waals surface area contributed by atoms with Gasteiger partial charge in [0.1, 0.15) is 0 Å². The molecule has 0 saturated carbocycles. The first-order valence-electron chi connectivity index (χ1n) is 44.9. The third kappa shape index (κ3) is 19.3. The second kappa shape index (κ2) is 45.8. The molecule has 0 aliphatic carbocycles. The highest BCUT2D eigenvalue weighted by Crippen LogP contribution is 2.58. The van der Waals surface area contributed by atoms with Gasteiger partial charge in [0, 0.05) is 56.1 Å². The van der Waals surface area contributed by atoms with E-state index < -0.39 is 0 Å². The van der Waals surface area contributed by atoms with Crippen LogP contribution in [-0.4, -0.2) is 14.4 Å². The van der Waals surface area contributed by atoms with Crippen LogP contribution in [0.2, 0.25) is 0 Å². The summed E-state index contributed by atoms with van der Waals surface area (Å²) in [6.45, 7) is 0. The van der Waals surface area contributed by atoms with Crippen molar-refractivity contribution in [2.75, 3.05) is 14.4 Å². The average Bonchev–Trinajstić information content (AvgIpc) is 1.64. The van der Waals surface area contributed by atoms with Crippen LogP contribution in [0, 0.1) is 0 Å². The predicted molar refractivity (Wildman–Crippen MR) is 579 cm³/mol. The van der Waals surface area contributed by atoms with Crippen molar-refractivity contribution in [3.63, 3.8) is 0 Å². The molecular weight excluding hydrogens is 1830 g/mol. The Morgan fingerprint density at radius 3 is 0.471 bits per heavy atom. The summed E-state index contributed by atoms with van der Waals surface area (Å²) >= 11 is 7.16. The fourth-order valence-electron chi connectivity index (χ4n) is 19.5. The van der Waals surface area contributed by atoms with Crippen molar-refractivity contribution in [3.05, 3.63) is 483 Å². The molecule has 0 amide bonds. The highest BCUT2D eigenvalue weighted by atomic mass is 32.1. The SMILES string of the molecule is CF.CF.FF.FF.FF.FF.c1ccc(-c2c3cc(-c4cccs4)ccc3c(-c3ccc(-c4cccs4)cc3)c3c(-c4ccccc4)c4cc(-c5cccs5)ccc4c(-c4ccc(-c5cccs5)cc4)c23)cc1.c1ccc(-c2ccc(-c3c4ccc(-c5ccccc5)cc4c(-c4ccccc4)c4c(-c5ccc(-c6ccccc6)cc5)c5ccc(-c6ccccc6)cc5c(-c5ccccc5)c34)cc2)cc1. The summed E-state index contributed by atoms with van der Waals surface area (Å²) in [7, 11) is 1.00. The summed E-state index contributed by atoms with van der Waals surface area (Å²) in [5, 5.41) is 23.6. The van der Waals surface area contributed by atoms with Crippen LogP contribution in [0.4, 0.5) is 45.4 Å². The molecule has 0 spiro atoms. The van der Waals surface area contributed by atoms with E-state index >= 15 is 0 Å². The van der Waals surface area contributed by atoms with Crippen molar-refractivity contribution in [1.29, 1.82) is 0 Å². The lowest BCUT2D eigenvalue weighted by Crippen LogP contribution is -1.98. The minimum absolute atomic E-state index is 0.500. The molecule has 0 fully saturated rings. The Morgan fingerprint density at radius 1 is 0.121 bits per heavy atom. The van der Waals surface area contributed by atoms with E-state index in [9.17, 15) is 8.78 Å². The molecule has 0 unspecified atom stereocenters. The number of hydrogen-bond acceptors (Lipinski definition) is 4. The van der Waals surface area contributed by atoms with Crippen molar-refractivity contribution in [3.8, 4) is 175 Å². The first-order valence-corrected chi connectivity index (χ1v) is 48.4. The number of rotatable bonds is 16. The van der Waals surface area contributed by atoms with Gasteiger partial charge in [-0.3, -0.25) is 8.78 Å². The van der Waals surface area contributed by atoms with Crippen LogP contribution in [0.25, 0.3) is 240 Å². The number of alkyl halides is 2. The zero-order chi connectivity index (χ0) is 96.8. The van der Waals surface area contributed by atoms with Gasteiger partial charge in [0.25, 0.3) is 0 Å². The van der Waals surface area contributed by atoms with Gasteiger partial charge in [0.2, 0.25) is 0 Å². The van der Waals surface area contributed by atoms with Crippen LogP contribution in [0.3, 0.4) is 0 Å². The summed E-state index contributed by atoms with van der Waals surface area (Å²) in [5.74, 6) is 0. The Hall–Kier alpha value is -15.9. The topological polar surface area (TPSA) is 0 Å². The zero-order valence-electron chi connectivity index (χ0n) is 75.6. The molecule has 0 radical (unpaired) electrons. The third-order valence-electron chi connectivity index (χ3n) is 25.3. The Labute approximate surface area is 821 Å². The molecular formula is C126H86F10S4. The molecule has 14 heteroatoms. The molecule has 0 aliphatic heterocycles. The van der Waals surface area contributed by atoms with Gasteiger partial charge in [-0.2, -0.15) is 0 Å². The van der Waals surface area contributed by atoms with Gasteiger partial charge in [0.05, 0.1) is 14.4 Å². The molecule has 20 aromatic carbocycles. The lowest BCUT2D eigenvalue weighted by atomic mass is 9.76. The minimum Gasteiger partial charge on any atom is -0.255 e. The number of fused-ring (bicyclic) bond motifs is 6. The number of thiophene rings is 4. The third-order valence-corrected chi connectivity index (χ3v) is 29.0. The van der Waals surface area contributed by atoms with Gasteiger partial charge in [0.15, 0.2) is 0 Å². The molecule has 0 N–H and O–H groups in total. The summed E-state index contributed by atoms with van der Waals surface area (Å²) in [5.41, 5.74) is 34.0. The molecule has 4 heterocycles. The van der Waals surface area contributed by atoms with Crippen molar-refractivity contribution >= 4 is 110 Å². The first kappa shape index (κ1) is 95.8. The van der Waals surface area contributed by atoms with E-state index in [4.69, 9.17) is 36.6 Å². The van der Waals surface area contributed by atoms with Crippen molar-refractivity contribution in [1.82, 2.24) is 0 Å². The quantitative estimate of drug-likeness (QED) is 0.0668. The van der Waals surface area contributed by atoms with Gasteiger partial charge in [-0.25, -0.2) is 0 Å². The fourth-order valence-corrected chi connectivity index (χ4v) is 22.4. The largest absolute Gasteiger partial charge is 0.255 e. The number of halogens is 10. The Bertz CT molecular complexity index is 7690.